The van der Waals surface area contributed by atoms with Crippen molar-refractivity contribution in [1.82, 2.24) is 4.90 Å². The number of nitrogens with two attached hydrogens (primary N) is 1. The highest BCUT2D eigenvalue weighted by atomic mass is 16.4. The van der Waals surface area contributed by atoms with Crippen LogP contribution in [0.5, 0.6) is 0 Å². The fourth-order valence-electron chi connectivity index (χ4n) is 2.84. The van der Waals surface area contributed by atoms with Gasteiger partial charge in [0, 0.05) is 5.92 Å². The molecule has 1 fully saturated rings. The minimum atomic E-state index is 0.264. The van der Waals surface area contributed by atoms with Gasteiger partial charge in [0.2, 0.25) is 0 Å². The van der Waals surface area contributed by atoms with Crippen LogP contribution in [0.15, 0.2) is 35.5 Å². The van der Waals surface area contributed by atoms with Crippen molar-refractivity contribution < 1.29 is 5.21 Å². The molecule has 4 heteroatoms. The lowest BCUT2D eigenvalue weighted by Gasteiger charge is -2.31. The van der Waals surface area contributed by atoms with E-state index in [0.29, 0.717) is 5.84 Å². The molecule has 1 aromatic rings. The second kappa shape index (κ2) is 7.90. The van der Waals surface area contributed by atoms with Crippen molar-refractivity contribution in [3.63, 3.8) is 0 Å². The topological polar surface area (TPSA) is 61.9 Å². The van der Waals surface area contributed by atoms with Gasteiger partial charge in [-0.25, -0.2) is 0 Å². The summed E-state index contributed by atoms with van der Waals surface area (Å²) in [5.74, 6) is 0.661. The van der Waals surface area contributed by atoms with E-state index in [1.807, 2.05) is 0 Å². The number of nitrogens with zero attached hydrogens (tertiary/aromatic N) is 2. The highest BCUT2D eigenvalue weighted by Crippen LogP contribution is 2.17. The number of oxime groups is 1. The minimum Gasteiger partial charge on any atom is -0.409 e. The Kier molecular flexibility index (Phi) is 5.87. The molecule has 20 heavy (non-hydrogen) atoms. The van der Waals surface area contributed by atoms with Gasteiger partial charge in [-0.3, -0.25) is 0 Å². The summed E-state index contributed by atoms with van der Waals surface area (Å²) in [6.07, 6.45) is 5.66. The van der Waals surface area contributed by atoms with Crippen molar-refractivity contribution in [3.05, 3.63) is 35.9 Å². The van der Waals surface area contributed by atoms with Crippen molar-refractivity contribution in [2.45, 2.75) is 32.1 Å². The monoisotopic (exact) mass is 275 g/mol. The first-order valence-electron chi connectivity index (χ1n) is 7.53. The van der Waals surface area contributed by atoms with Gasteiger partial charge in [-0.1, -0.05) is 35.5 Å². The van der Waals surface area contributed by atoms with E-state index in [4.69, 9.17) is 10.9 Å². The molecule has 3 N–H and O–H groups in total. The van der Waals surface area contributed by atoms with Crippen LogP contribution in [0.4, 0.5) is 0 Å². The maximum Gasteiger partial charge on any atom is 0.142 e. The van der Waals surface area contributed by atoms with E-state index in [-0.39, 0.29) is 5.92 Å². The predicted molar refractivity (Wildman–Crippen MR) is 82.0 cm³/mol. The Bertz CT molecular complexity index is 411. The Morgan fingerprint density at radius 1 is 1.20 bits per heavy atom. The van der Waals surface area contributed by atoms with E-state index in [1.165, 1.54) is 24.8 Å². The molecule has 0 amide bonds. The lowest BCUT2D eigenvalue weighted by molar-refractivity contribution is 0.203. The molecule has 1 aliphatic heterocycles. The minimum absolute atomic E-state index is 0.264. The van der Waals surface area contributed by atoms with Crippen LogP contribution < -0.4 is 5.73 Å². The van der Waals surface area contributed by atoms with E-state index < -0.39 is 0 Å². The van der Waals surface area contributed by atoms with Crippen LogP contribution in [0.1, 0.15) is 31.2 Å². The maximum atomic E-state index is 8.68. The first kappa shape index (κ1) is 14.9. The van der Waals surface area contributed by atoms with Gasteiger partial charge in [-0.05, 0) is 57.3 Å². The fourth-order valence-corrected chi connectivity index (χ4v) is 2.84. The number of benzene rings is 1. The Hall–Kier alpha value is -1.55. The zero-order valence-electron chi connectivity index (χ0n) is 12.0. The van der Waals surface area contributed by atoms with Crippen LogP contribution in [0.25, 0.3) is 0 Å². The summed E-state index contributed by atoms with van der Waals surface area (Å²) in [5, 5.41) is 11.8. The van der Waals surface area contributed by atoms with Gasteiger partial charge in [-0.2, -0.15) is 0 Å². The van der Waals surface area contributed by atoms with Gasteiger partial charge in [0.1, 0.15) is 5.84 Å². The number of rotatable bonds is 6. The molecular formula is C16H25N3O. The molecule has 0 aliphatic carbocycles. The third kappa shape index (κ3) is 4.53. The quantitative estimate of drug-likeness (QED) is 0.276. The number of aryl methyl sites for hydroxylation is 1. The van der Waals surface area contributed by atoms with E-state index in [9.17, 15) is 0 Å². The third-order valence-corrected chi connectivity index (χ3v) is 4.15. The molecule has 0 radical (unpaired) electrons. The highest BCUT2D eigenvalue weighted by Gasteiger charge is 2.21. The zero-order chi connectivity index (χ0) is 14.2. The van der Waals surface area contributed by atoms with Crippen molar-refractivity contribution in [2.75, 3.05) is 19.6 Å². The summed E-state index contributed by atoms with van der Waals surface area (Å²) >= 11 is 0. The molecule has 0 saturated carbocycles. The average Bonchev–Trinajstić information content (AvgIpc) is 2.52. The van der Waals surface area contributed by atoms with Crippen LogP contribution in [0.2, 0.25) is 0 Å². The molecule has 0 atom stereocenters. The third-order valence-electron chi connectivity index (χ3n) is 4.15. The predicted octanol–water partition coefficient (Wildman–Crippen LogP) is 2.47. The van der Waals surface area contributed by atoms with Crippen molar-refractivity contribution in [3.8, 4) is 0 Å². The summed E-state index contributed by atoms with van der Waals surface area (Å²) in [5.41, 5.74) is 7.09. The first-order valence-corrected chi connectivity index (χ1v) is 7.53. The van der Waals surface area contributed by atoms with Crippen molar-refractivity contribution >= 4 is 5.84 Å². The van der Waals surface area contributed by atoms with Crippen LogP contribution >= 0.6 is 0 Å². The van der Waals surface area contributed by atoms with Gasteiger partial charge < -0.3 is 15.8 Å². The van der Waals surface area contributed by atoms with Gasteiger partial charge in [0.15, 0.2) is 0 Å². The molecule has 0 unspecified atom stereocenters. The van der Waals surface area contributed by atoms with Gasteiger partial charge in [-0.15, -0.1) is 0 Å². The van der Waals surface area contributed by atoms with E-state index in [1.54, 1.807) is 0 Å². The van der Waals surface area contributed by atoms with Gasteiger partial charge >= 0.3 is 0 Å². The number of hydrogen-bond donors (Lipinski definition) is 2. The molecule has 1 aliphatic rings. The number of likely N-dealkylation sites (tertiary alicyclic amines) is 1. The number of amidine groups is 1. The van der Waals surface area contributed by atoms with E-state index >= 15 is 0 Å². The lowest BCUT2D eigenvalue weighted by atomic mass is 9.95. The summed E-state index contributed by atoms with van der Waals surface area (Å²) in [7, 11) is 0. The molecule has 4 nitrogen and oxygen atoms in total. The normalized spacial score (nSPS) is 18.3. The van der Waals surface area contributed by atoms with Gasteiger partial charge in [0.05, 0.1) is 0 Å². The van der Waals surface area contributed by atoms with Crippen LogP contribution in [-0.2, 0) is 6.42 Å². The molecule has 2 rings (SSSR count). The first-order chi connectivity index (χ1) is 9.79. The fraction of sp³-hybridized carbons (Fsp3) is 0.562. The Morgan fingerprint density at radius 3 is 2.55 bits per heavy atom. The SMILES string of the molecule is N/C(=N/O)C1CCN(CCCCc2ccccc2)CC1. The van der Waals surface area contributed by atoms with Crippen molar-refractivity contribution in [1.29, 1.82) is 0 Å². The van der Waals surface area contributed by atoms with Crippen LogP contribution in [0, 0.1) is 5.92 Å². The summed E-state index contributed by atoms with van der Waals surface area (Å²) < 4.78 is 0. The molecule has 1 aromatic carbocycles. The molecule has 0 aromatic heterocycles. The molecule has 0 spiro atoms. The smallest absolute Gasteiger partial charge is 0.142 e. The molecule has 1 saturated heterocycles. The molecular weight excluding hydrogens is 250 g/mol. The highest BCUT2D eigenvalue weighted by molar-refractivity contribution is 5.82. The number of hydrogen-bond acceptors (Lipinski definition) is 3. The summed E-state index contributed by atoms with van der Waals surface area (Å²) in [4.78, 5) is 2.49. The standard InChI is InChI=1S/C16H25N3O/c17-16(18-20)15-9-12-19(13-10-15)11-5-4-8-14-6-2-1-3-7-14/h1-3,6-7,15,20H,4-5,8-13H2,(H2,17,18). The van der Waals surface area contributed by atoms with Gasteiger partial charge in [0.25, 0.3) is 0 Å². The number of unbranched alkanes of at least 4 members (excludes halogenated alkanes) is 1. The molecule has 0 bridgehead atoms. The van der Waals surface area contributed by atoms with Crippen LogP contribution in [0.3, 0.4) is 0 Å². The Balaban J connectivity index is 1.60. The average molecular weight is 275 g/mol. The Morgan fingerprint density at radius 2 is 1.90 bits per heavy atom. The number of piperidine rings is 1. The van der Waals surface area contributed by atoms with E-state index in [2.05, 4.69) is 40.4 Å². The maximum absolute atomic E-state index is 8.68. The zero-order valence-corrected chi connectivity index (χ0v) is 12.0. The van der Waals surface area contributed by atoms with E-state index in [0.717, 1.165) is 32.5 Å². The van der Waals surface area contributed by atoms with Crippen molar-refractivity contribution in [2.24, 2.45) is 16.8 Å². The summed E-state index contributed by atoms with van der Waals surface area (Å²) in [6, 6.07) is 10.7. The van der Waals surface area contributed by atoms with Crippen LogP contribution in [-0.4, -0.2) is 35.6 Å². The lowest BCUT2D eigenvalue weighted by Crippen LogP contribution is -2.39. The molecule has 110 valence electrons. The largest absolute Gasteiger partial charge is 0.409 e. The Labute approximate surface area is 121 Å². The second-order valence-corrected chi connectivity index (χ2v) is 5.58. The second-order valence-electron chi connectivity index (χ2n) is 5.58. The summed E-state index contributed by atoms with van der Waals surface area (Å²) in [6.45, 7) is 3.29. The molecule has 1 heterocycles.